The molecule has 3 rings (SSSR count). The van der Waals surface area contributed by atoms with E-state index >= 15 is 0 Å². The molecule has 7 nitrogen and oxygen atoms in total. The lowest BCUT2D eigenvalue weighted by atomic mass is 10.2. The second kappa shape index (κ2) is 7.88. The Balaban J connectivity index is 1.84. The fourth-order valence-electron chi connectivity index (χ4n) is 2.95. The van der Waals surface area contributed by atoms with Crippen molar-refractivity contribution in [2.45, 2.75) is 32.5 Å². The maximum Gasteiger partial charge on any atom is 0.274 e. The molecule has 8 heteroatoms. The van der Waals surface area contributed by atoms with Crippen molar-refractivity contribution in [1.82, 2.24) is 20.0 Å². The van der Waals surface area contributed by atoms with Gasteiger partial charge in [0.25, 0.3) is 11.8 Å². The van der Waals surface area contributed by atoms with Crippen LogP contribution in [0.25, 0.3) is 0 Å². The molecule has 1 aliphatic heterocycles. The molecule has 26 heavy (non-hydrogen) atoms. The third-order valence-electron chi connectivity index (χ3n) is 4.16. The van der Waals surface area contributed by atoms with Crippen molar-refractivity contribution < 1.29 is 14.7 Å². The van der Waals surface area contributed by atoms with E-state index in [1.54, 1.807) is 11.0 Å². The third-order valence-corrected chi connectivity index (χ3v) is 4.39. The summed E-state index contributed by atoms with van der Waals surface area (Å²) in [4.78, 5) is 26.7. The van der Waals surface area contributed by atoms with E-state index in [-0.39, 0.29) is 36.3 Å². The zero-order valence-electron chi connectivity index (χ0n) is 14.5. The van der Waals surface area contributed by atoms with Crippen LogP contribution in [0.4, 0.5) is 0 Å². The number of aliphatic hydroxyl groups excluding tert-OH is 1. The molecule has 1 unspecified atom stereocenters. The summed E-state index contributed by atoms with van der Waals surface area (Å²) in [5, 5.41) is 17.3. The van der Waals surface area contributed by atoms with Gasteiger partial charge in [-0.15, -0.1) is 0 Å². The lowest BCUT2D eigenvalue weighted by molar-refractivity contribution is 0.0735. The van der Waals surface area contributed by atoms with Crippen LogP contribution in [0.15, 0.2) is 30.3 Å². The van der Waals surface area contributed by atoms with Gasteiger partial charge in [-0.2, -0.15) is 5.10 Å². The smallest absolute Gasteiger partial charge is 0.274 e. The van der Waals surface area contributed by atoms with Gasteiger partial charge >= 0.3 is 0 Å². The molecule has 0 fully saturated rings. The highest BCUT2D eigenvalue weighted by Crippen LogP contribution is 2.16. The van der Waals surface area contributed by atoms with Gasteiger partial charge in [-0.1, -0.05) is 30.7 Å². The van der Waals surface area contributed by atoms with Crippen LogP contribution in [0.1, 0.15) is 39.9 Å². The first-order chi connectivity index (χ1) is 12.5. The van der Waals surface area contributed by atoms with Crippen molar-refractivity contribution >= 4 is 23.4 Å². The number of fused-ring (bicyclic) bond motifs is 1. The number of rotatable bonds is 5. The molecule has 2 N–H and O–H groups in total. The largest absolute Gasteiger partial charge is 0.389 e. The zero-order valence-corrected chi connectivity index (χ0v) is 15.2. The second-order valence-electron chi connectivity index (χ2n) is 6.32. The first kappa shape index (κ1) is 18.4. The van der Waals surface area contributed by atoms with E-state index in [0.29, 0.717) is 18.1 Å². The molecule has 0 saturated carbocycles. The van der Waals surface area contributed by atoms with E-state index < -0.39 is 6.10 Å². The Bertz CT molecular complexity index is 821. The number of β-amino-alcohol motifs (C(OH)–C–C–N with tert-alkyl or cyclic N) is 1. The highest BCUT2D eigenvalue weighted by molar-refractivity contribution is 6.30. The molecule has 0 aliphatic carbocycles. The lowest BCUT2D eigenvalue weighted by Gasteiger charge is -2.21. The predicted molar refractivity (Wildman–Crippen MR) is 97.1 cm³/mol. The Morgan fingerprint density at radius 1 is 1.46 bits per heavy atom. The molecular weight excluding hydrogens is 356 g/mol. The fourth-order valence-corrected chi connectivity index (χ4v) is 3.16. The summed E-state index contributed by atoms with van der Waals surface area (Å²) in [5.74, 6) is -0.598. The zero-order chi connectivity index (χ0) is 18.7. The number of hydrogen-bond donors (Lipinski definition) is 2. The molecule has 0 bridgehead atoms. The lowest BCUT2D eigenvalue weighted by Crippen LogP contribution is -2.32. The van der Waals surface area contributed by atoms with Crippen LogP contribution in [0, 0.1) is 0 Å². The number of nitrogens with one attached hydrogen (secondary N) is 1. The molecule has 1 aliphatic rings. The molecule has 1 aromatic carbocycles. The molecule has 2 amide bonds. The predicted octanol–water partition coefficient (Wildman–Crippen LogP) is 1.69. The number of aromatic nitrogens is 2. The molecule has 0 saturated heterocycles. The number of nitrogens with zero attached hydrogens (tertiary/aromatic N) is 3. The maximum atomic E-state index is 12.9. The van der Waals surface area contributed by atoms with Crippen LogP contribution in [-0.4, -0.2) is 50.8 Å². The Morgan fingerprint density at radius 3 is 3.00 bits per heavy atom. The van der Waals surface area contributed by atoms with Crippen molar-refractivity contribution in [3.05, 3.63) is 52.3 Å². The average molecular weight is 377 g/mol. The third kappa shape index (κ3) is 4.05. The van der Waals surface area contributed by atoms with Gasteiger partial charge in [0, 0.05) is 30.7 Å². The normalized spacial score (nSPS) is 16.6. The van der Waals surface area contributed by atoms with E-state index in [9.17, 15) is 14.7 Å². The fraction of sp³-hybridized carbons (Fsp3) is 0.389. The Labute approximate surface area is 156 Å². The molecule has 2 aromatic rings. The summed E-state index contributed by atoms with van der Waals surface area (Å²) in [7, 11) is 0. The van der Waals surface area contributed by atoms with Crippen LogP contribution in [0.5, 0.6) is 0 Å². The Morgan fingerprint density at radius 2 is 2.27 bits per heavy atom. The van der Waals surface area contributed by atoms with Crippen molar-refractivity contribution in [2.75, 3.05) is 13.1 Å². The number of benzene rings is 1. The van der Waals surface area contributed by atoms with Gasteiger partial charge in [0.1, 0.15) is 5.69 Å². The van der Waals surface area contributed by atoms with Gasteiger partial charge in [-0.05, 0) is 24.1 Å². The summed E-state index contributed by atoms with van der Waals surface area (Å²) in [5.41, 5.74) is 1.40. The van der Waals surface area contributed by atoms with Gasteiger partial charge in [-0.25, -0.2) is 0 Å². The van der Waals surface area contributed by atoms with Crippen LogP contribution >= 0.6 is 11.6 Å². The summed E-state index contributed by atoms with van der Waals surface area (Å²) >= 11 is 6.03. The van der Waals surface area contributed by atoms with Gasteiger partial charge in [0.05, 0.1) is 12.6 Å². The SMILES string of the molecule is CCCN(Cc1cccc(Cl)c1)C(=O)c1cc2n(n1)CC(O)CNC2=O. The van der Waals surface area contributed by atoms with Crippen molar-refractivity contribution in [3.8, 4) is 0 Å². The Hall–Kier alpha value is -2.38. The number of carbonyl (C=O) groups is 2. The molecule has 138 valence electrons. The van der Waals surface area contributed by atoms with Gasteiger partial charge in [0.15, 0.2) is 5.69 Å². The first-order valence-corrected chi connectivity index (χ1v) is 8.93. The van der Waals surface area contributed by atoms with E-state index in [1.165, 1.54) is 10.7 Å². The van der Waals surface area contributed by atoms with Crippen molar-refractivity contribution in [3.63, 3.8) is 0 Å². The summed E-state index contributed by atoms with van der Waals surface area (Å²) in [6.45, 7) is 3.29. The summed E-state index contributed by atoms with van der Waals surface area (Å²) in [6.07, 6.45) is 0.0558. The highest BCUT2D eigenvalue weighted by Gasteiger charge is 2.26. The van der Waals surface area contributed by atoms with Crippen LogP contribution < -0.4 is 5.32 Å². The first-order valence-electron chi connectivity index (χ1n) is 8.55. The van der Waals surface area contributed by atoms with E-state index in [4.69, 9.17) is 11.6 Å². The minimum absolute atomic E-state index is 0.169. The molecule has 1 atom stereocenters. The standard InChI is InChI=1S/C18H21ClN4O3/c1-2-6-22(10-12-4-3-5-13(19)7-12)18(26)15-8-16-17(25)20-9-14(24)11-23(16)21-15/h3-5,7-8,14,24H,2,6,9-11H2,1H3,(H,20,25). The number of hydrogen-bond acceptors (Lipinski definition) is 4. The maximum absolute atomic E-state index is 12.9. The van der Waals surface area contributed by atoms with Gasteiger partial charge < -0.3 is 15.3 Å². The Kier molecular flexibility index (Phi) is 5.58. The minimum atomic E-state index is -0.735. The van der Waals surface area contributed by atoms with Crippen LogP contribution in [0.3, 0.4) is 0 Å². The van der Waals surface area contributed by atoms with Crippen LogP contribution in [0.2, 0.25) is 5.02 Å². The highest BCUT2D eigenvalue weighted by atomic mass is 35.5. The van der Waals surface area contributed by atoms with Gasteiger partial charge in [-0.3, -0.25) is 14.3 Å². The summed E-state index contributed by atoms with van der Waals surface area (Å²) < 4.78 is 1.39. The number of amides is 2. The molecular formula is C18H21ClN4O3. The van der Waals surface area contributed by atoms with E-state index in [0.717, 1.165) is 12.0 Å². The van der Waals surface area contributed by atoms with Crippen molar-refractivity contribution in [2.24, 2.45) is 0 Å². The van der Waals surface area contributed by atoms with E-state index in [2.05, 4.69) is 10.4 Å². The molecule has 0 radical (unpaired) electrons. The quantitative estimate of drug-likeness (QED) is 0.831. The van der Waals surface area contributed by atoms with E-state index in [1.807, 2.05) is 25.1 Å². The molecule has 2 heterocycles. The molecule has 0 spiro atoms. The topological polar surface area (TPSA) is 87.5 Å². The number of halogens is 1. The average Bonchev–Trinajstić information content (AvgIpc) is 2.97. The minimum Gasteiger partial charge on any atom is -0.389 e. The van der Waals surface area contributed by atoms with Crippen molar-refractivity contribution in [1.29, 1.82) is 0 Å². The number of carbonyl (C=O) groups excluding carboxylic acids is 2. The van der Waals surface area contributed by atoms with Crippen LogP contribution in [-0.2, 0) is 13.1 Å². The van der Waals surface area contributed by atoms with Gasteiger partial charge in [0.2, 0.25) is 0 Å². The second-order valence-corrected chi connectivity index (χ2v) is 6.75. The summed E-state index contributed by atoms with van der Waals surface area (Å²) in [6, 6.07) is 8.85. The monoisotopic (exact) mass is 376 g/mol. The molecule has 1 aromatic heterocycles. The number of aliphatic hydroxyl groups is 1.